The molecule has 116 valence electrons. The summed E-state index contributed by atoms with van der Waals surface area (Å²) in [5.74, 6) is -0.840. The zero-order valence-corrected chi connectivity index (χ0v) is 13.4. The van der Waals surface area contributed by atoms with Gasteiger partial charge in [0.15, 0.2) is 0 Å². The highest BCUT2D eigenvalue weighted by atomic mass is 35.5. The Hall–Kier alpha value is -2.00. The fourth-order valence-corrected chi connectivity index (χ4v) is 2.59. The number of para-hydroxylation sites is 1. The van der Waals surface area contributed by atoms with Crippen LogP contribution in [0.3, 0.4) is 0 Å². The molecule has 1 atom stereocenters. The third kappa shape index (κ3) is 4.01. The smallest absolute Gasteiger partial charge is 0.311 e. The van der Waals surface area contributed by atoms with Gasteiger partial charge in [-0.1, -0.05) is 47.5 Å². The molecule has 0 radical (unpaired) electrons. The van der Waals surface area contributed by atoms with Crippen LogP contribution in [0, 0.1) is 13.8 Å². The first-order chi connectivity index (χ1) is 10.5. The first-order valence-corrected chi connectivity index (χ1v) is 7.54. The number of hydrogen-bond donors (Lipinski definition) is 1. The molecule has 3 nitrogen and oxygen atoms in total. The molecule has 4 heteroatoms. The average Bonchev–Trinajstić information content (AvgIpc) is 2.48. The number of carboxylic acids is 1. The van der Waals surface area contributed by atoms with E-state index in [2.05, 4.69) is 0 Å². The van der Waals surface area contributed by atoms with Gasteiger partial charge in [-0.3, -0.25) is 4.79 Å². The van der Waals surface area contributed by atoms with Crippen molar-refractivity contribution in [3.8, 4) is 5.75 Å². The Balaban J connectivity index is 2.08. The summed E-state index contributed by atoms with van der Waals surface area (Å²) in [7, 11) is 0. The molecule has 0 saturated carbocycles. The summed E-state index contributed by atoms with van der Waals surface area (Å²) in [6.45, 7) is 4.19. The molecule has 1 unspecified atom stereocenters. The Morgan fingerprint density at radius 2 is 1.95 bits per heavy atom. The quantitative estimate of drug-likeness (QED) is 0.847. The van der Waals surface area contributed by atoms with E-state index >= 15 is 0 Å². The van der Waals surface area contributed by atoms with Crippen LogP contribution in [0.1, 0.15) is 29.0 Å². The van der Waals surface area contributed by atoms with Crippen LogP contribution in [-0.4, -0.2) is 17.7 Å². The van der Waals surface area contributed by atoms with E-state index in [0.717, 1.165) is 16.7 Å². The number of halogens is 1. The van der Waals surface area contributed by atoms with Crippen molar-refractivity contribution in [2.45, 2.75) is 26.2 Å². The van der Waals surface area contributed by atoms with E-state index in [1.165, 1.54) is 0 Å². The van der Waals surface area contributed by atoms with Crippen LogP contribution in [0.25, 0.3) is 0 Å². The van der Waals surface area contributed by atoms with E-state index in [4.69, 9.17) is 16.3 Å². The van der Waals surface area contributed by atoms with Crippen molar-refractivity contribution in [3.05, 3.63) is 64.2 Å². The molecule has 0 aliphatic rings. The van der Waals surface area contributed by atoms with Crippen molar-refractivity contribution in [1.82, 2.24) is 0 Å². The third-order valence-corrected chi connectivity index (χ3v) is 3.92. The lowest BCUT2D eigenvalue weighted by Crippen LogP contribution is -2.16. The largest absolute Gasteiger partial charge is 0.492 e. The number of aryl methyl sites for hydroxylation is 2. The van der Waals surface area contributed by atoms with Crippen LogP contribution in [-0.2, 0) is 4.79 Å². The molecule has 0 aromatic heterocycles. The lowest BCUT2D eigenvalue weighted by molar-refractivity contribution is -0.139. The molecule has 0 spiro atoms. The lowest BCUT2D eigenvalue weighted by Gasteiger charge is -2.17. The van der Waals surface area contributed by atoms with Crippen LogP contribution < -0.4 is 4.74 Å². The van der Waals surface area contributed by atoms with Crippen LogP contribution in [0.5, 0.6) is 5.75 Å². The van der Waals surface area contributed by atoms with Gasteiger partial charge in [-0.05, 0) is 43.5 Å². The van der Waals surface area contributed by atoms with E-state index in [1.807, 2.05) is 44.2 Å². The molecule has 2 rings (SSSR count). The molecular weight excluding hydrogens is 300 g/mol. The van der Waals surface area contributed by atoms with Crippen LogP contribution in [0.15, 0.2) is 42.5 Å². The van der Waals surface area contributed by atoms with Gasteiger partial charge in [0.05, 0.1) is 17.5 Å². The van der Waals surface area contributed by atoms with Crippen molar-refractivity contribution in [1.29, 1.82) is 0 Å². The van der Waals surface area contributed by atoms with Gasteiger partial charge < -0.3 is 9.84 Å². The Morgan fingerprint density at radius 3 is 2.64 bits per heavy atom. The molecule has 1 N–H and O–H groups in total. The number of carboxylic acid groups (broad SMARTS) is 1. The lowest BCUT2D eigenvalue weighted by atomic mass is 9.91. The van der Waals surface area contributed by atoms with Gasteiger partial charge in [0, 0.05) is 0 Å². The van der Waals surface area contributed by atoms with Gasteiger partial charge in [-0.2, -0.15) is 0 Å². The maximum absolute atomic E-state index is 11.6. The van der Waals surface area contributed by atoms with E-state index in [9.17, 15) is 9.90 Å². The Kier molecular flexibility index (Phi) is 5.45. The second-order valence-corrected chi connectivity index (χ2v) is 5.73. The van der Waals surface area contributed by atoms with Gasteiger partial charge in [-0.15, -0.1) is 0 Å². The van der Waals surface area contributed by atoms with Crippen LogP contribution in [0.2, 0.25) is 5.02 Å². The maximum atomic E-state index is 11.6. The standard InChI is InChI=1S/C18H19ClO3/c1-12-7-8-13(2)15(11-12)14(18(20)21)9-10-22-17-6-4-3-5-16(17)19/h3-8,11,14H,9-10H2,1-2H3,(H,20,21). The SMILES string of the molecule is Cc1ccc(C)c(C(CCOc2ccccc2Cl)C(=O)O)c1. The number of carbonyl (C=O) groups is 1. The third-order valence-electron chi connectivity index (χ3n) is 3.61. The first-order valence-electron chi connectivity index (χ1n) is 7.16. The number of ether oxygens (including phenoxy) is 1. The number of benzene rings is 2. The highest BCUT2D eigenvalue weighted by Crippen LogP contribution is 2.27. The summed E-state index contributed by atoms with van der Waals surface area (Å²) < 4.78 is 5.61. The van der Waals surface area contributed by atoms with Crippen molar-refractivity contribution >= 4 is 17.6 Å². The van der Waals surface area contributed by atoms with E-state index in [-0.39, 0.29) is 0 Å². The highest BCUT2D eigenvalue weighted by molar-refractivity contribution is 6.32. The number of aliphatic carboxylic acids is 1. The molecule has 0 fully saturated rings. The van der Waals surface area contributed by atoms with Crippen molar-refractivity contribution in [2.24, 2.45) is 0 Å². The molecule has 0 aliphatic carbocycles. The summed E-state index contributed by atoms with van der Waals surface area (Å²) in [5, 5.41) is 10.0. The summed E-state index contributed by atoms with van der Waals surface area (Å²) in [5.41, 5.74) is 2.88. The summed E-state index contributed by atoms with van der Waals surface area (Å²) in [4.78, 5) is 11.6. The van der Waals surface area contributed by atoms with Gasteiger partial charge in [0.2, 0.25) is 0 Å². The molecule has 0 bridgehead atoms. The van der Waals surface area contributed by atoms with Crippen LogP contribution >= 0.6 is 11.6 Å². The van der Waals surface area contributed by atoms with Crippen molar-refractivity contribution in [3.63, 3.8) is 0 Å². The minimum Gasteiger partial charge on any atom is -0.492 e. The minimum absolute atomic E-state index is 0.300. The zero-order chi connectivity index (χ0) is 16.1. The van der Waals surface area contributed by atoms with E-state index < -0.39 is 11.9 Å². The molecule has 2 aromatic rings. The molecular formula is C18H19ClO3. The van der Waals surface area contributed by atoms with Gasteiger partial charge in [0.25, 0.3) is 0 Å². The molecule has 0 aliphatic heterocycles. The van der Waals surface area contributed by atoms with Crippen molar-refractivity contribution < 1.29 is 14.6 Å². The van der Waals surface area contributed by atoms with E-state index in [0.29, 0.717) is 23.8 Å². The minimum atomic E-state index is -0.837. The van der Waals surface area contributed by atoms with Crippen LogP contribution in [0.4, 0.5) is 0 Å². The predicted molar refractivity (Wildman–Crippen MR) is 87.9 cm³/mol. The Morgan fingerprint density at radius 1 is 1.23 bits per heavy atom. The maximum Gasteiger partial charge on any atom is 0.311 e. The fourth-order valence-electron chi connectivity index (χ4n) is 2.40. The fraction of sp³-hybridized carbons (Fsp3) is 0.278. The summed E-state index contributed by atoms with van der Waals surface area (Å²) in [6.07, 6.45) is 0.394. The second kappa shape index (κ2) is 7.32. The predicted octanol–water partition coefficient (Wildman–Crippen LogP) is 4.59. The van der Waals surface area contributed by atoms with Gasteiger partial charge in [0.1, 0.15) is 5.75 Å². The Bertz CT molecular complexity index is 667. The first kappa shape index (κ1) is 16.4. The normalized spacial score (nSPS) is 12.0. The molecule has 2 aromatic carbocycles. The van der Waals surface area contributed by atoms with Crippen molar-refractivity contribution in [2.75, 3.05) is 6.61 Å². The monoisotopic (exact) mass is 318 g/mol. The highest BCUT2D eigenvalue weighted by Gasteiger charge is 2.22. The summed E-state index contributed by atoms with van der Waals surface area (Å²) in [6, 6.07) is 13.1. The second-order valence-electron chi connectivity index (χ2n) is 5.32. The van der Waals surface area contributed by atoms with Gasteiger partial charge >= 0.3 is 5.97 Å². The molecule has 22 heavy (non-hydrogen) atoms. The van der Waals surface area contributed by atoms with E-state index in [1.54, 1.807) is 12.1 Å². The van der Waals surface area contributed by atoms with Gasteiger partial charge in [-0.25, -0.2) is 0 Å². The number of hydrogen-bond acceptors (Lipinski definition) is 2. The Labute approximate surface area is 135 Å². The zero-order valence-electron chi connectivity index (χ0n) is 12.7. The summed E-state index contributed by atoms with van der Waals surface area (Å²) >= 11 is 6.02. The molecule has 0 heterocycles. The average molecular weight is 319 g/mol. The molecule has 0 amide bonds. The molecule has 0 saturated heterocycles. The number of rotatable bonds is 6. The topological polar surface area (TPSA) is 46.5 Å².